The highest BCUT2D eigenvalue weighted by molar-refractivity contribution is 6.05. The third-order valence-corrected chi connectivity index (χ3v) is 4.00. The van der Waals surface area contributed by atoms with Crippen LogP contribution in [0.15, 0.2) is 36.4 Å². The largest absolute Gasteiger partial charge is 0.486 e. The summed E-state index contributed by atoms with van der Waals surface area (Å²) in [7, 11) is 0. The van der Waals surface area contributed by atoms with E-state index >= 15 is 0 Å². The number of hydrogen-bond acceptors (Lipinski definition) is 4. The van der Waals surface area contributed by atoms with Crippen molar-refractivity contribution in [1.29, 1.82) is 0 Å². The lowest BCUT2D eigenvalue weighted by molar-refractivity contribution is 0.102. The Balaban J connectivity index is 1.95. The van der Waals surface area contributed by atoms with Crippen molar-refractivity contribution in [2.24, 2.45) is 0 Å². The van der Waals surface area contributed by atoms with Crippen LogP contribution in [0, 0.1) is 5.82 Å². The molecule has 2 aromatic rings. The van der Waals surface area contributed by atoms with Gasteiger partial charge >= 0.3 is 0 Å². The lowest BCUT2D eigenvalue weighted by atomic mass is 10.0. The van der Waals surface area contributed by atoms with Crippen molar-refractivity contribution in [3.8, 4) is 11.5 Å². The number of ether oxygens (including phenoxy) is 2. The van der Waals surface area contributed by atoms with E-state index in [0.717, 1.165) is 6.42 Å². The third-order valence-electron chi connectivity index (χ3n) is 4.00. The van der Waals surface area contributed by atoms with Crippen LogP contribution in [0.25, 0.3) is 0 Å². The van der Waals surface area contributed by atoms with Crippen LogP contribution in [0.1, 0.15) is 41.8 Å². The summed E-state index contributed by atoms with van der Waals surface area (Å²) in [5, 5.41) is 13.1. The normalized spacial score (nSPS) is 14.0. The maximum Gasteiger partial charge on any atom is 0.258 e. The van der Waals surface area contributed by atoms with E-state index in [9.17, 15) is 14.3 Å². The molecule has 25 heavy (non-hydrogen) atoms. The number of rotatable bonds is 5. The predicted molar refractivity (Wildman–Crippen MR) is 91.7 cm³/mol. The maximum absolute atomic E-state index is 13.8. The molecule has 3 rings (SSSR count). The number of nitrogens with one attached hydrogen (secondary N) is 1. The van der Waals surface area contributed by atoms with Gasteiger partial charge in [-0.3, -0.25) is 4.79 Å². The lowest BCUT2D eigenvalue weighted by Crippen LogP contribution is -2.19. The Labute approximate surface area is 145 Å². The van der Waals surface area contributed by atoms with Gasteiger partial charge in [0.25, 0.3) is 5.91 Å². The standard InChI is InChI=1S/C19H20FNO4/c1-2-5-16(22)13-10-17-18(25-9-8-24-17)11-15(13)21-19(23)12-6-3-4-7-14(12)20/h3-4,6-7,10-11,16,22H,2,5,8-9H2,1H3,(H,21,23)/t16-/m0/s1. The molecule has 2 aromatic carbocycles. The first kappa shape index (κ1) is 17.2. The average molecular weight is 345 g/mol. The van der Waals surface area contributed by atoms with Gasteiger partial charge in [-0.1, -0.05) is 25.5 Å². The summed E-state index contributed by atoms with van der Waals surface area (Å²) in [4.78, 5) is 12.4. The molecule has 1 heterocycles. The van der Waals surface area contributed by atoms with Crippen LogP contribution in [0.3, 0.4) is 0 Å². The molecule has 0 unspecified atom stereocenters. The molecule has 0 aromatic heterocycles. The monoisotopic (exact) mass is 345 g/mol. The molecule has 6 heteroatoms. The molecule has 1 atom stereocenters. The highest BCUT2D eigenvalue weighted by atomic mass is 19.1. The molecule has 0 saturated carbocycles. The Morgan fingerprint density at radius 3 is 2.60 bits per heavy atom. The molecule has 132 valence electrons. The van der Waals surface area contributed by atoms with E-state index in [1.54, 1.807) is 18.2 Å². The van der Waals surface area contributed by atoms with Crippen molar-refractivity contribution in [3.05, 3.63) is 53.3 Å². The molecule has 0 spiro atoms. The Bertz CT molecular complexity index is 778. The second-order valence-corrected chi connectivity index (χ2v) is 5.82. The zero-order valence-corrected chi connectivity index (χ0v) is 13.9. The second kappa shape index (κ2) is 7.53. The quantitative estimate of drug-likeness (QED) is 0.867. The Hall–Kier alpha value is -2.60. The van der Waals surface area contributed by atoms with Crippen LogP contribution < -0.4 is 14.8 Å². The fourth-order valence-electron chi connectivity index (χ4n) is 2.75. The fraction of sp³-hybridized carbons (Fsp3) is 0.316. The van der Waals surface area contributed by atoms with Gasteiger partial charge in [0.05, 0.1) is 17.4 Å². The number of hydrogen-bond donors (Lipinski definition) is 2. The van der Waals surface area contributed by atoms with Gasteiger partial charge in [-0.05, 0) is 24.6 Å². The van der Waals surface area contributed by atoms with Crippen molar-refractivity contribution >= 4 is 11.6 Å². The van der Waals surface area contributed by atoms with Crippen LogP contribution in [0.2, 0.25) is 0 Å². The number of aliphatic hydroxyl groups excluding tert-OH is 1. The maximum atomic E-state index is 13.8. The minimum Gasteiger partial charge on any atom is -0.486 e. The van der Waals surface area contributed by atoms with E-state index in [1.807, 2.05) is 6.92 Å². The molecule has 0 saturated heterocycles. The van der Waals surface area contributed by atoms with Crippen LogP contribution in [-0.4, -0.2) is 24.2 Å². The molecule has 5 nitrogen and oxygen atoms in total. The summed E-state index contributed by atoms with van der Waals surface area (Å²) in [5.74, 6) is -0.171. The molecule has 1 amide bonds. The smallest absolute Gasteiger partial charge is 0.258 e. The summed E-state index contributed by atoms with van der Waals surface area (Å²) in [6.07, 6.45) is 0.537. The average Bonchev–Trinajstić information content (AvgIpc) is 2.61. The Kier molecular flexibility index (Phi) is 5.19. The van der Waals surface area contributed by atoms with Gasteiger partial charge in [0, 0.05) is 11.6 Å². The number of fused-ring (bicyclic) bond motifs is 1. The zero-order valence-electron chi connectivity index (χ0n) is 13.9. The van der Waals surface area contributed by atoms with Crippen LogP contribution in [-0.2, 0) is 0 Å². The van der Waals surface area contributed by atoms with Gasteiger partial charge in [-0.15, -0.1) is 0 Å². The predicted octanol–water partition coefficient (Wildman–Crippen LogP) is 3.68. The molecule has 0 fully saturated rings. The van der Waals surface area contributed by atoms with Crippen LogP contribution >= 0.6 is 0 Å². The summed E-state index contributed by atoms with van der Waals surface area (Å²) < 4.78 is 24.9. The number of carbonyl (C=O) groups is 1. The van der Waals surface area contributed by atoms with Gasteiger partial charge in [0.1, 0.15) is 19.0 Å². The second-order valence-electron chi connectivity index (χ2n) is 5.82. The van der Waals surface area contributed by atoms with Crippen LogP contribution in [0.5, 0.6) is 11.5 Å². The molecule has 1 aliphatic heterocycles. The van der Waals surface area contributed by atoms with Crippen molar-refractivity contribution in [2.45, 2.75) is 25.9 Å². The zero-order chi connectivity index (χ0) is 17.8. The number of amides is 1. The summed E-state index contributed by atoms with van der Waals surface area (Å²) in [6, 6.07) is 9.03. The van der Waals surface area contributed by atoms with E-state index in [-0.39, 0.29) is 5.56 Å². The van der Waals surface area contributed by atoms with E-state index < -0.39 is 17.8 Å². The number of benzene rings is 2. The van der Waals surface area contributed by atoms with Crippen molar-refractivity contribution in [2.75, 3.05) is 18.5 Å². The third kappa shape index (κ3) is 3.74. The van der Waals surface area contributed by atoms with Crippen molar-refractivity contribution < 1.29 is 23.8 Å². The first-order valence-corrected chi connectivity index (χ1v) is 8.27. The fourth-order valence-corrected chi connectivity index (χ4v) is 2.75. The molecule has 1 aliphatic rings. The van der Waals surface area contributed by atoms with E-state index in [0.29, 0.717) is 42.4 Å². The lowest BCUT2D eigenvalue weighted by Gasteiger charge is -2.23. The van der Waals surface area contributed by atoms with E-state index in [2.05, 4.69) is 5.32 Å². The molecular weight excluding hydrogens is 325 g/mol. The van der Waals surface area contributed by atoms with Gasteiger partial charge in [0.2, 0.25) is 0 Å². The van der Waals surface area contributed by atoms with Crippen molar-refractivity contribution in [3.63, 3.8) is 0 Å². The number of aliphatic hydroxyl groups is 1. The summed E-state index contributed by atoms with van der Waals surface area (Å²) in [5.41, 5.74) is 0.850. The van der Waals surface area contributed by atoms with Gasteiger partial charge in [-0.2, -0.15) is 0 Å². The minimum atomic E-state index is -0.767. The molecule has 0 radical (unpaired) electrons. The summed E-state index contributed by atoms with van der Waals surface area (Å²) in [6.45, 7) is 2.79. The van der Waals surface area contributed by atoms with Gasteiger partial charge in [0.15, 0.2) is 11.5 Å². The molecule has 0 aliphatic carbocycles. The molecular formula is C19H20FNO4. The molecule has 0 bridgehead atoms. The Morgan fingerprint density at radius 2 is 1.92 bits per heavy atom. The van der Waals surface area contributed by atoms with E-state index in [4.69, 9.17) is 9.47 Å². The number of halogens is 1. The first-order valence-electron chi connectivity index (χ1n) is 8.27. The van der Waals surface area contributed by atoms with Crippen molar-refractivity contribution in [1.82, 2.24) is 0 Å². The Morgan fingerprint density at radius 1 is 1.24 bits per heavy atom. The topological polar surface area (TPSA) is 67.8 Å². The van der Waals surface area contributed by atoms with Gasteiger partial charge in [-0.25, -0.2) is 4.39 Å². The minimum absolute atomic E-state index is 0.0617. The number of carbonyl (C=O) groups excluding carboxylic acids is 1. The van der Waals surface area contributed by atoms with Crippen LogP contribution in [0.4, 0.5) is 10.1 Å². The SMILES string of the molecule is CCC[C@H](O)c1cc2c(cc1NC(=O)c1ccccc1F)OCCO2. The van der Waals surface area contributed by atoms with Gasteiger partial charge < -0.3 is 19.9 Å². The number of anilines is 1. The highest BCUT2D eigenvalue weighted by Crippen LogP contribution is 2.39. The highest BCUT2D eigenvalue weighted by Gasteiger charge is 2.22. The van der Waals surface area contributed by atoms with E-state index in [1.165, 1.54) is 18.2 Å². The first-order chi connectivity index (χ1) is 12.1. The summed E-state index contributed by atoms with van der Waals surface area (Å²) >= 11 is 0. The molecule has 2 N–H and O–H groups in total.